The lowest BCUT2D eigenvalue weighted by molar-refractivity contribution is 0.0695. The Kier molecular flexibility index (Phi) is 3.19. The van der Waals surface area contributed by atoms with E-state index in [2.05, 4.69) is 15.0 Å². The molecule has 1 N–H and O–H groups in total. The first-order valence-corrected chi connectivity index (χ1v) is 6.23. The van der Waals surface area contributed by atoms with E-state index in [-0.39, 0.29) is 11.6 Å². The number of aryl methyl sites for hydroxylation is 1. The standard InChI is InChI=1S/C15H11N3O3/c1-9-11(14(19)20)8-17-15(18-9)21-13-6-2-5-12-10(13)4-3-7-16-12/h2-8H,1H3,(H,19,20). The summed E-state index contributed by atoms with van der Waals surface area (Å²) < 4.78 is 5.65. The fraction of sp³-hybridized carbons (Fsp3) is 0.0667. The summed E-state index contributed by atoms with van der Waals surface area (Å²) in [4.78, 5) is 23.2. The van der Waals surface area contributed by atoms with Crippen molar-refractivity contribution in [2.45, 2.75) is 6.92 Å². The van der Waals surface area contributed by atoms with Crippen LogP contribution in [0.4, 0.5) is 0 Å². The first-order valence-electron chi connectivity index (χ1n) is 6.23. The minimum Gasteiger partial charge on any atom is -0.478 e. The number of carboxylic acid groups (broad SMARTS) is 1. The lowest BCUT2D eigenvalue weighted by atomic mass is 10.2. The molecule has 2 heterocycles. The molecular weight excluding hydrogens is 270 g/mol. The third-order valence-electron chi connectivity index (χ3n) is 2.99. The highest BCUT2D eigenvalue weighted by Gasteiger charge is 2.12. The summed E-state index contributed by atoms with van der Waals surface area (Å²) in [6.45, 7) is 1.60. The Bertz CT molecular complexity index is 828. The van der Waals surface area contributed by atoms with E-state index in [0.29, 0.717) is 11.4 Å². The van der Waals surface area contributed by atoms with Crippen molar-refractivity contribution in [3.05, 3.63) is 54.0 Å². The summed E-state index contributed by atoms with van der Waals surface area (Å²) in [5.74, 6) is -0.489. The molecule has 0 aliphatic carbocycles. The van der Waals surface area contributed by atoms with E-state index in [4.69, 9.17) is 9.84 Å². The fourth-order valence-electron chi connectivity index (χ4n) is 1.97. The Hall–Kier alpha value is -3.02. The number of nitrogens with zero attached hydrogens (tertiary/aromatic N) is 3. The van der Waals surface area contributed by atoms with Gasteiger partial charge in [-0.1, -0.05) is 6.07 Å². The van der Waals surface area contributed by atoms with Crippen LogP contribution in [0.25, 0.3) is 10.9 Å². The molecule has 0 fully saturated rings. The van der Waals surface area contributed by atoms with Crippen molar-refractivity contribution in [2.75, 3.05) is 0 Å². The van der Waals surface area contributed by atoms with Gasteiger partial charge in [0.05, 0.1) is 16.8 Å². The number of ether oxygens (including phenoxy) is 1. The molecular formula is C15H11N3O3. The quantitative estimate of drug-likeness (QED) is 0.794. The zero-order chi connectivity index (χ0) is 14.8. The smallest absolute Gasteiger partial charge is 0.339 e. The molecule has 0 aliphatic rings. The molecule has 0 spiro atoms. The SMILES string of the molecule is Cc1nc(Oc2cccc3ncccc23)ncc1C(=O)O. The summed E-state index contributed by atoms with van der Waals surface area (Å²) in [6.07, 6.45) is 2.94. The van der Waals surface area contributed by atoms with Gasteiger partial charge in [-0.25, -0.2) is 9.78 Å². The van der Waals surface area contributed by atoms with E-state index in [9.17, 15) is 4.79 Å². The molecule has 0 saturated heterocycles. The van der Waals surface area contributed by atoms with Gasteiger partial charge in [-0.15, -0.1) is 0 Å². The molecule has 1 aromatic carbocycles. The van der Waals surface area contributed by atoms with Crippen LogP contribution in [0.5, 0.6) is 11.8 Å². The van der Waals surface area contributed by atoms with Crippen LogP contribution in [0.15, 0.2) is 42.7 Å². The van der Waals surface area contributed by atoms with Gasteiger partial charge in [0.15, 0.2) is 0 Å². The molecule has 0 unspecified atom stereocenters. The summed E-state index contributed by atoms with van der Waals surface area (Å²) in [5.41, 5.74) is 1.21. The second kappa shape index (κ2) is 5.16. The van der Waals surface area contributed by atoms with Gasteiger partial charge in [0.2, 0.25) is 0 Å². The minimum atomic E-state index is -1.06. The van der Waals surface area contributed by atoms with Crippen molar-refractivity contribution in [3.63, 3.8) is 0 Å². The number of aromatic nitrogens is 3. The van der Waals surface area contributed by atoms with Gasteiger partial charge in [0.1, 0.15) is 5.75 Å². The first-order chi connectivity index (χ1) is 10.1. The van der Waals surface area contributed by atoms with Crippen LogP contribution in [0.3, 0.4) is 0 Å². The molecule has 21 heavy (non-hydrogen) atoms. The number of fused-ring (bicyclic) bond motifs is 1. The second-order valence-corrected chi connectivity index (χ2v) is 4.39. The largest absolute Gasteiger partial charge is 0.478 e. The van der Waals surface area contributed by atoms with Gasteiger partial charge in [-0.3, -0.25) is 4.98 Å². The number of carbonyl (C=O) groups is 1. The number of hydrogen-bond donors (Lipinski definition) is 1. The Morgan fingerprint density at radius 2 is 2.05 bits per heavy atom. The zero-order valence-electron chi connectivity index (χ0n) is 11.1. The van der Waals surface area contributed by atoms with Crippen molar-refractivity contribution < 1.29 is 14.6 Å². The molecule has 0 saturated carbocycles. The Morgan fingerprint density at radius 3 is 2.81 bits per heavy atom. The predicted octanol–water partition coefficient (Wildman–Crippen LogP) is 2.82. The lowest BCUT2D eigenvalue weighted by Crippen LogP contribution is -2.04. The molecule has 2 aromatic heterocycles. The van der Waals surface area contributed by atoms with Crippen molar-refractivity contribution in [2.24, 2.45) is 0 Å². The topological polar surface area (TPSA) is 85.2 Å². The molecule has 6 nitrogen and oxygen atoms in total. The van der Waals surface area contributed by atoms with E-state index < -0.39 is 5.97 Å². The second-order valence-electron chi connectivity index (χ2n) is 4.39. The van der Waals surface area contributed by atoms with E-state index in [1.54, 1.807) is 19.2 Å². The molecule has 0 amide bonds. The van der Waals surface area contributed by atoms with Crippen molar-refractivity contribution in [3.8, 4) is 11.8 Å². The van der Waals surface area contributed by atoms with Crippen molar-refractivity contribution in [1.29, 1.82) is 0 Å². The monoisotopic (exact) mass is 281 g/mol. The first kappa shape index (κ1) is 13.0. The van der Waals surface area contributed by atoms with Gasteiger partial charge >= 0.3 is 12.0 Å². The maximum atomic E-state index is 10.9. The zero-order valence-corrected chi connectivity index (χ0v) is 11.1. The molecule has 6 heteroatoms. The van der Waals surface area contributed by atoms with Crippen LogP contribution in [-0.2, 0) is 0 Å². The predicted molar refractivity (Wildman–Crippen MR) is 75.5 cm³/mol. The van der Waals surface area contributed by atoms with Crippen molar-refractivity contribution in [1.82, 2.24) is 15.0 Å². The van der Waals surface area contributed by atoms with Crippen LogP contribution in [0.1, 0.15) is 16.1 Å². The number of hydrogen-bond acceptors (Lipinski definition) is 5. The number of rotatable bonds is 3. The minimum absolute atomic E-state index is 0.0573. The van der Waals surface area contributed by atoms with E-state index in [1.807, 2.05) is 24.3 Å². The number of benzene rings is 1. The molecule has 0 aliphatic heterocycles. The van der Waals surface area contributed by atoms with Gasteiger partial charge in [0, 0.05) is 17.8 Å². The number of carboxylic acids is 1. The number of aromatic carboxylic acids is 1. The van der Waals surface area contributed by atoms with Gasteiger partial charge in [-0.2, -0.15) is 4.98 Å². The van der Waals surface area contributed by atoms with Crippen LogP contribution in [0.2, 0.25) is 0 Å². The third kappa shape index (κ3) is 2.51. The fourth-order valence-corrected chi connectivity index (χ4v) is 1.97. The van der Waals surface area contributed by atoms with Gasteiger partial charge in [-0.05, 0) is 31.2 Å². The summed E-state index contributed by atoms with van der Waals surface area (Å²) in [5, 5.41) is 9.80. The highest BCUT2D eigenvalue weighted by atomic mass is 16.5. The Balaban J connectivity index is 1.99. The van der Waals surface area contributed by atoms with Gasteiger partial charge < -0.3 is 9.84 Å². The summed E-state index contributed by atoms with van der Waals surface area (Å²) in [6, 6.07) is 9.29. The molecule has 0 radical (unpaired) electrons. The van der Waals surface area contributed by atoms with Crippen molar-refractivity contribution >= 4 is 16.9 Å². The summed E-state index contributed by atoms with van der Waals surface area (Å²) in [7, 11) is 0. The average molecular weight is 281 g/mol. The maximum Gasteiger partial charge on any atom is 0.339 e. The Morgan fingerprint density at radius 1 is 1.19 bits per heavy atom. The normalized spacial score (nSPS) is 10.5. The molecule has 3 aromatic rings. The molecule has 3 rings (SSSR count). The lowest BCUT2D eigenvalue weighted by Gasteiger charge is -2.08. The third-order valence-corrected chi connectivity index (χ3v) is 2.99. The van der Waals surface area contributed by atoms with E-state index >= 15 is 0 Å². The van der Waals surface area contributed by atoms with E-state index in [0.717, 1.165) is 10.9 Å². The van der Waals surface area contributed by atoms with E-state index in [1.165, 1.54) is 6.20 Å². The van der Waals surface area contributed by atoms with Crippen LogP contribution >= 0.6 is 0 Å². The maximum absolute atomic E-state index is 10.9. The average Bonchev–Trinajstić information content (AvgIpc) is 2.47. The van der Waals surface area contributed by atoms with Crippen LogP contribution in [0, 0.1) is 6.92 Å². The molecule has 0 atom stereocenters. The van der Waals surface area contributed by atoms with Crippen LogP contribution in [-0.4, -0.2) is 26.0 Å². The number of pyridine rings is 1. The van der Waals surface area contributed by atoms with Gasteiger partial charge in [0.25, 0.3) is 0 Å². The van der Waals surface area contributed by atoms with Crippen LogP contribution < -0.4 is 4.74 Å². The summed E-state index contributed by atoms with van der Waals surface area (Å²) >= 11 is 0. The molecule has 104 valence electrons. The Labute approximate surface area is 120 Å². The highest BCUT2D eigenvalue weighted by molar-refractivity contribution is 5.88. The molecule has 0 bridgehead atoms. The highest BCUT2D eigenvalue weighted by Crippen LogP contribution is 2.27.